The lowest BCUT2D eigenvalue weighted by atomic mass is 10.1. The molecule has 4 heteroatoms. The maximum absolute atomic E-state index is 12.0. The van der Waals surface area contributed by atoms with E-state index in [1.807, 2.05) is 6.92 Å². The van der Waals surface area contributed by atoms with Gasteiger partial charge < -0.3 is 4.74 Å². The van der Waals surface area contributed by atoms with Crippen LogP contribution in [-0.4, -0.2) is 17.6 Å². The number of rotatable bonds is 4. The summed E-state index contributed by atoms with van der Waals surface area (Å²) in [6.07, 6.45) is 2.64. The molecule has 1 aliphatic rings. The van der Waals surface area contributed by atoms with Gasteiger partial charge in [0.15, 0.2) is 0 Å². The van der Waals surface area contributed by atoms with E-state index in [0.29, 0.717) is 6.61 Å². The third kappa shape index (κ3) is 3.00. The van der Waals surface area contributed by atoms with Crippen molar-refractivity contribution in [1.29, 1.82) is 0 Å². The summed E-state index contributed by atoms with van der Waals surface area (Å²) >= 11 is 1.74. The topological polar surface area (TPSA) is 39.2 Å². The monoisotopic (exact) mass is 301 g/mol. The van der Waals surface area contributed by atoms with Crippen LogP contribution in [0.5, 0.6) is 0 Å². The fourth-order valence-corrected chi connectivity index (χ4v) is 4.00. The first-order chi connectivity index (χ1) is 10.2. The number of carbonyl (C=O) groups is 1. The first kappa shape index (κ1) is 14.3. The normalized spacial score (nSPS) is 16.8. The Labute approximate surface area is 129 Å². The molecule has 0 aliphatic heterocycles. The molecule has 0 spiro atoms. The fraction of sp³-hybridized carbons (Fsp3) is 0.412. The van der Waals surface area contributed by atoms with Gasteiger partial charge in [-0.1, -0.05) is 29.8 Å². The zero-order chi connectivity index (χ0) is 14.8. The van der Waals surface area contributed by atoms with Crippen molar-refractivity contribution in [3.63, 3.8) is 0 Å². The molecule has 1 unspecified atom stereocenters. The largest absolute Gasteiger partial charge is 0.465 e. The van der Waals surface area contributed by atoms with E-state index < -0.39 is 0 Å². The molecular formula is C17H19NO2S. The van der Waals surface area contributed by atoms with Crippen molar-refractivity contribution in [3.05, 3.63) is 51.0 Å². The fourth-order valence-electron chi connectivity index (χ4n) is 2.82. The van der Waals surface area contributed by atoms with Crippen LogP contribution in [-0.2, 0) is 22.4 Å². The van der Waals surface area contributed by atoms with Gasteiger partial charge in [0.25, 0.3) is 0 Å². The SMILES string of the molecule is CCOC(=O)C1CCc2sc(Cc3cccc(C)c3)nc21. The van der Waals surface area contributed by atoms with E-state index in [9.17, 15) is 4.79 Å². The number of hydrogen-bond donors (Lipinski definition) is 0. The molecule has 1 aromatic carbocycles. The first-order valence-electron chi connectivity index (χ1n) is 7.38. The van der Waals surface area contributed by atoms with Crippen molar-refractivity contribution in [1.82, 2.24) is 4.98 Å². The smallest absolute Gasteiger partial charge is 0.315 e. The number of thiazole rings is 1. The molecule has 110 valence electrons. The Balaban J connectivity index is 1.79. The minimum Gasteiger partial charge on any atom is -0.465 e. The van der Waals surface area contributed by atoms with Crippen LogP contribution in [0, 0.1) is 6.92 Å². The van der Waals surface area contributed by atoms with Crippen molar-refractivity contribution in [2.75, 3.05) is 6.61 Å². The van der Waals surface area contributed by atoms with Gasteiger partial charge in [0.2, 0.25) is 0 Å². The molecule has 0 saturated heterocycles. The Morgan fingerprint density at radius 1 is 1.48 bits per heavy atom. The molecular weight excluding hydrogens is 282 g/mol. The second-order valence-corrected chi connectivity index (χ2v) is 6.59. The van der Waals surface area contributed by atoms with Gasteiger partial charge in [-0.25, -0.2) is 4.98 Å². The molecule has 1 aliphatic carbocycles. The number of fused-ring (bicyclic) bond motifs is 1. The maximum Gasteiger partial charge on any atom is 0.315 e. The van der Waals surface area contributed by atoms with E-state index in [0.717, 1.165) is 30.0 Å². The lowest BCUT2D eigenvalue weighted by molar-refractivity contribution is -0.145. The first-order valence-corrected chi connectivity index (χ1v) is 8.19. The molecule has 0 radical (unpaired) electrons. The van der Waals surface area contributed by atoms with E-state index in [4.69, 9.17) is 9.72 Å². The molecule has 0 bridgehead atoms. The van der Waals surface area contributed by atoms with Gasteiger partial charge in [0.05, 0.1) is 17.3 Å². The molecule has 3 nitrogen and oxygen atoms in total. The standard InChI is InChI=1S/C17H19NO2S/c1-3-20-17(19)13-7-8-14-16(13)18-15(21-14)10-12-6-4-5-11(2)9-12/h4-6,9,13H,3,7-8,10H2,1-2H3. The summed E-state index contributed by atoms with van der Waals surface area (Å²) < 4.78 is 5.15. The molecule has 0 fully saturated rings. The minimum atomic E-state index is -0.151. The number of aromatic nitrogens is 1. The van der Waals surface area contributed by atoms with Gasteiger partial charge in [0, 0.05) is 11.3 Å². The number of ether oxygens (including phenoxy) is 1. The number of esters is 1. The molecule has 1 heterocycles. The lowest BCUT2D eigenvalue weighted by Crippen LogP contribution is -2.14. The number of hydrogen-bond acceptors (Lipinski definition) is 4. The Morgan fingerprint density at radius 2 is 2.33 bits per heavy atom. The van der Waals surface area contributed by atoms with Crippen molar-refractivity contribution < 1.29 is 9.53 Å². The second kappa shape index (κ2) is 5.98. The number of aryl methyl sites for hydroxylation is 2. The van der Waals surface area contributed by atoms with Crippen LogP contribution in [0.15, 0.2) is 24.3 Å². The van der Waals surface area contributed by atoms with Crippen molar-refractivity contribution in [2.45, 2.75) is 39.0 Å². The van der Waals surface area contributed by atoms with Gasteiger partial charge in [-0.3, -0.25) is 4.79 Å². The lowest BCUT2D eigenvalue weighted by Gasteiger charge is -2.07. The number of nitrogens with zero attached hydrogens (tertiary/aromatic N) is 1. The molecule has 0 N–H and O–H groups in total. The van der Waals surface area contributed by atoms with Crippen molar-refractivity contribution >= 4 is 17.3 Å². The van der Waals surface area contributed by atoms with E-state index in [1.165, 1.54) is 16.0 Å². The van der Waals surface area contributed by atoms with Crippen LogP contribution < -0.4 is 0 Å². The van der Waals surface area contributed by atoms with Crippen LogP contribution in [0.3, 0.4) is 0 Å². The van der Waals surface area contributed by atoms with E-state index in [1.54, 1.807) is 11.3 Å². The quantitative estimate of drug-likeness (QED) is 0.809. The summed E-state index contributed by atoms with van der Waals surface area (Å²) in [4.78, 5) is 17.9. The Bertz CT molecular complexity index is 663. The van der Waals surface area contributed by atoms with Gasteiger partial charge in [0.1, 0.15) is 5.92 Å². The highest BCUT2D eigenvalue weighted by atomic mass is 32.1. The maximum atomic E-state index is 12.0. The zero-order valence-corrected chi connectivity index (χ0v) is 13.2. The summed E-state index contributed by atoms with van der Waals surface area (Å²) in [5.74, 6) is -0.272. The highest BCUT2D eigenvalue weighted by Crippen LogP contribution is 2.37. The number of carbonyl (C=O) groups excluding carboxylic acids is 1. The van der Waals surface area contributed by atoms with Crippen LogP contribution in [0.2, 0.25) is 0 Å². The van der Waals surface area contributed by atoms with Gasteiger partial charge in [-0.05, 0) is 32.3 Å². The van der Waals surface area contributed by atoms with E-state index in [2.05, 4.69) is 31.2 Å². The Morgan fingerprint density at radius 3 is 3.10 bits per heavy atom. The summed E-state index contributed by atoms with van der Waals surface area (Å²) in [7, 11) is 0. The highest BCUT2D eigenvalue weighted by molar-refractivity contribution is 7.11. The van der Waals surface area contributed by atoms with Crippen LogP contribution in [0.25, 0.3) is 0 Å². The van der Waals surface area contributed by atoms with Crippen LogP contribution in [0.1, 0.15) is 46.0 Å². The van der Waals surface area contributed by atoms with Crippen LogP contribution >= 0.6 is 11.3 Å². The van der Waals surface area contributed by atoms with Gasteiger partial charge in [-0.15, -0.1) is 11.3 Å². The number of benzene rings is 1. The van der Waals surface area contributed by atoms with Crippen molar-refractivity contribution in [3.8, 4) is 0 Å². The highest BCUT2D eigenvalue weighted by Gasteiger charge is 2.33. The third-order valence-electron chi connectivity index (χ3n) is 3.77. The molecule has 1 atom stereocenters. The molecule has 1 aromatic heterocycles. The molecule has 21 heavy (non-hydrogen) atoms. The van der Waals surface area contributed by atoms with Gasteiger partial charge >= 0.3 is 5.97 Å². The molecule has 3 rings (SSSR count). The third-order valence-corrected chi connectivity index (χ3v) is 4.90. The Kier molecular flexibility index (Phi) is 4.06. The zero-order valence-electron chi connectivity index (χ0n) is 12.4. The average molecular weight is 301 g/mol. The average Bonchev–Trinajstić information content (AvgIpc) is 2.98. The Hall–Kier alpha value is -1.68. The summed E-state index contributed by atoms with van der Waals surface area (Å²) in [6, 6.07) is 8.49. The van der Waals surface area contributed by atoms with E-state index in [-0.39, 0.29) is 11.9 Å². The minimum absolute atomic E-state index is 0.122. The summed E-state index contributed by atoms with van der Waals surface area (Å²) in [5, 5.41) is 1.10. The summed E-state index contributed by atoms with van der Waals surface area (Å²) in [5.41, 5.74) is 3.50. The summed E-state index contributed by atoms with van der Waals surface area (Å²) in [6.45, 7) is 4.38. The molecule has 0 amide bonds. The molecule has 2 aromatic rings. The van der Waals surface area contributed by atoms with E-state index >= 15 is 0 Å². The predicted octanol–water partition coefficient (Wildman–Crippen LogP) is 3.64. The second-order valence-electron chi connectivity index (χ2n) is 5.43. The molecule has 0 saturated carbocycles. The van der Waals surface area contributed by atoms with Crippen LogP contribution in [0.4, 0.5) is 0 Å². The predicted molar refractivity (Wildman–Crippen MR) is 83.8 cm³/mol. The van der Waals surface area contributed by atoms with Crippen molar-refractivity contribution in [2.24, 2.45) is 0 Å². The van der Waals surface area contributed by atoms with Gasteiger partial charge in [-0.2, -0.15) is 0 Å².